The van der Waals surface area contributed by atoms with Gasteiger partial charge in [0.15, 0.2) is 0 Å². The smallest absolute Gasteiger partial charge is 0.240 e. The Morgan fingerprint density at radius 3 is 1.59 bits per heavy atom. The van der Waals surface area contributed by atoms with E-state index in [0.717, 1.165) is 6.42 Å². The number of hydrogen-bond acceptors (Lipinski definition) is 4. The fourth-order valence-corrected chi connectivity index (χ4v) is 2.24. The Kier molecular flexibility index (Phi) is 3.05. The topological polar surface area (TPSA) is 51.8 Å². The average molecular weight is 290 g/mol. The van der Waals surface area contributed by atoms with Gasteiger partial charge in [0.2, 0.25) is 17.8 Å². The summed E-state index contributed by atoms with van der Waals surface area (Å²) in [5.41, 5.74) is 0. The number of hydrogen-bond donors (Lipinski definition) is 0. The minimum Gasteiger partial charge on any atom is -0.293 e. The first kappa shape index (κ1) is 12.6. The molecule has 0 radical (unpaired) electrons. The highest BCUT2D eigenvalue weighted by Gasteiger charge is 2.12. The van der Waals surface area contributed by atoms with Gasteiger partial charge in [-0.15, -0.1) is 0 Å². The van der Waals surface area contributed by atoms with Gasteiger partial charge in [-0.05, 0) is 30.7 Å². The summed E-state index contributed by atoms with van der Waals surface area (Å²) in [5.74, 6) is 1.77. The monoisotopic (exact) mass is 290 g/mol. The van der Waals surface area contributed by atoms with Gasteiger partial charge in [-0.1, -0.05) is 12.2 Å². The molecule has 6 nitrogen and oxygen atoms in total. The predicted octanol–water partition coefficient (Wildman–Crippen LogP) is 2.69. The second-order valence-corrected chi connectivity index (χ2v) is 4.83. The maximum Gasteiger partial charge on any atom is 0.240 e. The zero-order valence-electron chi connectivity index (χ0n) is 11.8. The van der Waals surface area contributed by atoms with E-state index in [9.17, 15) is 0 Å². The quantitative estimate of drug-likeness (QED) is 0.744. The van der Waals surface area contributed by atoms with Crippen LogP contribution in [0, 0.1) is 0 Å². The molecule has 108 valence electrons. The van der Waals surface area contributed by atoms with E-state index in [1.807, 2.05) is 75.5 Å². The molecular weight excluding hydrogens is 276 g/mol. The van der Waals surface area contributed by atoms with Crippen LogP contribution in [0.5, 0.6) is 0 Å². The molecule has 0 fully saturated rings. The predicted molar refractivity (Wildman–Crippen MR) is 83.9 cm³/mol. The van der Waals surface area contributed by atoms with Gasteiger partial charge in [0, 0.05) is 37.2 Å². The third kappa shape index (κ3) is 2.31. The van der Waals surface area contributed by atoms with Crippen molar-refractivity contribution < 1.29 is 0 Å². The SMILES string of the molecule is C1=CN(c2nc(-n3cccc3)nc(-n3cccc3)n2)C=CC1. The molecule has 1 aliphatic rings. The van der Waals surface area contributed by atoms with Crippen LogP contribution >= 0.6 is 0 Å². The molecule has 3 aromatic rings. The van der Waals surface area contributed by atoms with Crippen LogP contribution in [0.2, 0.25) is 0 Å². The van der Waals surface area contributed by atoms with Gasteiger partial charge in [-0.25, -0.2) is 0 Å². The maximum atomic E-state index is 4.56. The third-order valence-corrected chi connectivity index (χ3v) is 3.31. The second-order valence-electron chi connectivity index (χ2n) is 4.83. The van der Waals surface area contributed by atoms with E-state index in [1.165, 1.54) is 0 Å². The van der Waals surface area contributed by atoms with Crippen LogP contribution in [0.4, 0.5) is 5.95 Å². The van der Waals surface area contributed by atoms with Crippen LogP contribution in [-0.2, 0) is 0 Å². The van der Waals surface area contributed by atoms with E-state index < -0.39 is 0 Å². The second kappa shape index (κ2) is 5.33. The Labute approximate surface area is 127 Å². The molecule has 0 saturated heterocycles. The van der Waals surface area contributed by atoms with Crippen LogP contribution in [-0.4, -0.2) is 24.1 Å². The lowest BCUT2D eigenvalue weighted by Crippen LogP contribution is -2.17. The van der Waals surface area contributed by atoms with E-state index in [4.69, 9.17) is 0 Å². The molecule has 4 heterocycles. The minimum atomic E-state index is 0.589. The van der Waals surface area contributed by atoms with E-state index in [2.05, 4.69) is 27.1 Å². The lowest BCUT2D eigenvalue weighted by molar-refractivity contribution is 0.836. The van der Waals surface area contributed by atoms with E-state index in [0.29, 0.717) is 17.8 Å². The normalized spacial score (nSPS) is 13.7. The van der Waals surface area contributed by atoms with Crippen LogP contribution in [0.3, 0.4) is 0 Å². The van der Waals surface area contributed by atoms with Crippen LogP contribution in [0.15, 0.2) is 73.6 Å². The third-order valence-electron chi connectivity index (χ3n) is 3.31. The molecule has 3 aromatic heterocycles. The molecule has 4 rings (SSSR count). The number of allylic oxidation sites excluding steroid dienone is 2. The average Bonchev–Trinajstić information content (AvgIpc) is 3.29. The fraction of sp³-hybridized carbons (Fsp3) is 0.0625. The first-order valence-electron chi connectivity index (χ1n) is 7.04. The Balaban J connectivity index is 1.85. The summed E-state index contributed by atoms with van der Waals surface area (Å²) in [6.07, 6.45) is 16.7. The number of rotatable bonds is 3. The Bertz CT molecular complexity index is 750. The first-order valence-corrected chi connectivity index (χ1v) is 7.04. The van der Waals surface area contributed by atoms with Gasteiger partial charge >= 0.3 is 0 Å². The van der Waals surface area contributed by atoms with Crippen molar-refractivity contribution >= 4 is 5.95 Å². The maximum absolute atomic E-state index is 4.56. The largest absolute Gasteiger partial charge is 0.293 e. The molecule has 1 aliphatic heterocycles. The summed E-state index contributed by atoms with van der Waals surface area (Å²) >= 11 is 0. The standard InChI is InChI=1S/C16H14N6/c1-2-8-20(9-3-1)14-17-15(21-10-4-5-11-21)19-16(18-14)22-12-6-7-13-22/h2-13H,1H2. The Hall–Kier alpha value is -3.15. The van der Waals surface area contributed by atoms with Crippen molar-refractivity contribution in [2.45, 2.75) is 6.42 Å². The molecule has 0 aliphatic carbocycles. The zero-order valence-corrected chi connectivity index (χ0v) is 11.8. The van der Waals surface area contributed by atoms with E-state index >= 15 is 0 Å². The van der Waals surface area contributed by atoms with Crippen molar-refractivity contribution in [2.75, 3.05) is 4.90 Å². The molecule has 0 atom stereocenters. The van der Waals surface area contributed by atoms with Crippen LogP contribution in [0.1, 0.15) is 6.42 Å². The molecule has 0 amide bonds. The molecule has 0 spiro atoms. The molecule has 0 unspecified atom stereocenters. The highest BCUT2D eigenvalue weighted by Crippen LogP contribution is 2.16. The van der Waals surface area contributed by atoms with E-state index in [1.54, 1.807) is 0 Å². The van der Waals surface area contributed by atoms with Gasteiger partial charge in [-0.3, -0.25) is 14.0 Å². The molecule has 0 N–H and O–H groups in total. The Morgan fingerprint density at radius 1 is 0.636 bits per heavy atom. The summed E-state index contributed by atoms with van der Waals surface area (Å²) in [5, 5.41) is 0. The van der Waals surface area contributed by atoms with Crippen molar-refractivity contribution in [1.29, 1.82) is 0 Å². The van der Waals surface area contributed by atoms with Gasteiger partial charge in [-0.2, -0.15) is 15.0 Å². The summed E-state index contributed by atoms with van der Waals surface area (Å²) in [7, 11) is 0. The lowest BCUT2D eigenvalue weighted by atomic mass is 10.3. The summed E-state index contributed by atoms with van der Waals surface area (Å²) in [4.78, 5) is 15.6. The van der Waals surface area contributed by atoms with E-state index in [-0.39, 0.29) is 0 Å². The van der Waals surface area contributed by atoms with Gasteiger partial charge in [0.25, 0.3) is 0 Å². The number of anilines is 1. The highest BCUT2D eigenvalue weighted by atomic mass is 15.3. The molecule has 6 heteroatoms. The molecular formula is C16H14N6. The zero-order chi connectivity index (χ0) is 14.8. The fourth-order valence-electron chi connectivity index (χ4n) is 2.24. The molecule has 0 aromatic carbocycles. The van der Waals surface area contributed by atoms with Crippen LogP contribution < -0.4 is 4.90 Å². The molecule has 22 heavy (non-hydrogen) atoms. The Morgan fingerprint density at radius 2 is 1.09 bits per heavy atom. The van der Waals surface area contributed by atoms with Crippen molar-refractivity contribution in [1.82, 2.24) is 24.1 Å². The molecule has 0 saturated carbocycles. The van der Waals surface area contributed by atoms with Crippen molar-refractivity contribution in [3.63, 3.8) is 0 Å². The first-order chi connectivity index (χ1) is 10.9. The van der Waals surface area contributed by atoms with Crippen molar-refractivity contribution in [3.05, 3.63) is 73.6 Å². The lowest BCUT2D eigenvalue weighted by Gasteiger charge is -2.17. The van der Waals surface area contributed by atoms with Crippen molar-refractivity contribution in [3.8, 4) is 11.9 Å². The highest BCUT2D eigenvalue weighted by molar-refractivity contribution is 5.44. The van der Waals surface area contributed by atoms with Gasteiger partial charge < -0.3 is 0 Å². The summed E-state index contributed by atoms with van der Waals surface area (Å²) in [6.45, 7) is 0. The van der Waals surface area contributed by atoms with Gasteiger partial charge in [0.05, 0.1) is 0 Å². The minimum absolute atomic E-state index is 0.589. The van der Waals surface area contributed by atoms with Crippen molar-refractivity contribution in [2.24, 2.45) is 0 Å². The van der Waals surface area contributed by atoms with Gasteiger partial charge in [0.1, 0.15) is 0 Å². The number of nitrogens with zero attached hydrogens (tertiary/aromatic N) is 6. The summed E-state index contributed by atoms with van der Waals surface area (Å²) < 4.78 is 3.74. The summed E-state index contributed by atoms with van der Waals surface area (Å²) in [6, 6.07) is 7.78. The van der Waals surface area contributed by atoms with Crippen LogP contribution in [0.25, 0.3) is 11.9 Å². The number of aromatic nitrogens is 5. The molecule has 0 bridgehead atoms.